The van der Waals surface area contributed by atoms with Crippen LogP contribution in [0.25, 0.3) is 0 Å². The fraction of sp³-hybridized carbons (Fsp3) is 0.611. The van der Waals surface area contributed by atoms with Crippen LogP contribution >= 0.6 is 0 Å². The van der Waals surface area contributed by atoms with Crippen LogP contribution < -0.4 is 0 Å². The van der Waals surface area contributed by atoms with Crippen molar-refractivity contribution >= 4 is 6.41 Å². The van der Waals surface area contributed by atoms with E-state index in [1.807, 2.05) is 4.90 Å². The molecule has 0 bridgehead atoms. The van der Waals surface area contributed by atoms with E-state index in [0.717, 1.165) is 32.2 Å². The minimum atomic E-state index is 0.122. The smallest absolute Gasteiger partial charge is 0.210 e. The van der Waals surface area contributed by atoms with Crippen LogP contribution in [0.1, 0.15) is 32.3 Å². The zero-order valence-corrected chi connectivity index (χ0v) is 13.4. The van der Waals surface area contributed by atoms with E-state index in [4.69, 9.17) is 4.74 Å². The molecule has 116 valence electrons. The van der Waals surface area contributed by atoms with Crippen molar-refractivity contribution in [1.29, 1.82) is 0 Å². The van der Waals surface area contributed by atoms with Gasteiger partial charge in [0.05, 0.1) is 12.1 Å². The zero-order chi connectivity index (χ0) is 15.2. The third-order valence-electron chi connectivity index (χ3n) is 4.95. The summed E-state index contributed by atoms with van der Waals surface area (Å²) in [6.07, 6.45) is 4.30. The Labute approximate surface area is 128 Å². The molecule has 1 heterocycles. The molecule has 3 heteroatoms. The Balaban J connectivity index is 2.01. The molecule has 3 nitrogen and oxygen atoms in total. The van der Waals surface area contributed by atoms with E-state index in [-0.39, 0.29) is 12.1 Å². The topological polar surface area (TPSA) is 29.5 Å². The molecule has 0 aromatic heterocycles. The molecular formula is C18H27NO2. The summed E-state index contributed by atoms with van der Waals surface area (Å²) in [5.41, 5.74) is 1.37. The SMILES string of the molecule is COC(C(C)C(C)Cc1ccccc1)C1CCCN1C=O. The quantitative estimate of drug-likeness (QED) is 0.722. The van der Waals surface area contributed by atoms with E-state index in [2.05, 4.69) is 44.2 Å². The predicted octanol–water partition coefficient (Wildman–Crippen LogP) is 3.14. The van der Waals surface area contributed by atoms with Crippen molar-refractivity contribution in [3.05, 3.63) is 35.9 Å². The molecule has 0 saturated carbocycles. The van der Waals surface area contributed by atoms with Crippen LogP contribution in [0.2, 0.25) is 0 Å². The van der Waals surface area contributed by atoms with Crippen LogP contribution in [-0.4, -0.2) is 37.1 Å². The van der Waals surface area contributed by atoms with Gasteiger partial charge in [0.25, 0.3) is 0 Å². The highest BCUT2D eigenvalue weighted by Crippen LogP contribution is 2.30. The predicted molar refractivity (Wildman–Crippen MR) is 85.1 cm³/mol. The maximum absolute atomic E-state index is 11.2. The monoisotopic (exact) mass is 289 g/mol. The van der Waals surface area contributed by atoms with E-state index in [9.17, 15) is 4.79 Å². The number of nitrogens with zero attached hydrogens (tertiary/aromatic N) is 1. The number of hydrogen-bond donors (Lipinski definition) is 0. The summed E-state index contributed by atoms with van der Waals surface area (Å²) in [4.78, 5) is 13.1. The first kappa shape index (κ1) is 16.0. The molecule has 1 aromatic carbocycles. The van der Waals surface area contributed by atoms with Crippen LogP contribution in [0.5, 0.6) is 0 Å². The van der Waals surface area contributed by atoms with E-state index in [0.29, 0.717) is 11.8 Å². The molecule has 1 fully saturated rings. The van der Waals surface area contributed by atoms with Crippen molar-refractivity contribution in [2.24, 2.45) is 11.8 Å². The van der Waals surface area contributed by atoms with Crippen molar-refractivity contribution in [2.45, 2.75) is 45.3 Å². The highest BCUT2D eigenvalue weighted by Gasteiger charge is 2.36. The Morgan fingerprint density at radius 3 is 2.67 bits per heavy atom. The highest BCUT2D eigenvalue weighted by molar-refractivity contribution is 5.48. The van der Waals surface area contributed by atoms with Gasteiger partial charge in [0, 0.05) is 13.7 Å². The first-order valence-corrected chi connectivity index (χ1v) is 7.95. The van der Waals surface area contributed by atoms with Crippen molar-refractivity contribution in [2.75, 3.05) is 13.7 Å². The summed E-state index contributed by atoms with van der Waals surface area (Å²) < 4.78 is 5.79. The second-order valence-corrected chi connectivity index (χ2v) is 6.28. The molecule has 0 spiro atoms. The molecule has 2 rings (SSSR count). The summed E-state index contributed by atoms with van der Waals surface area (Å²) >= 11 is 0. The number of methoxy groups -OCH3 is 1. The van der Waals surface area contributed by atoms with Crippen LogP contribution in [0.4, 0.5) is 0 Å². The maximum atomic E-state index is 11.2. The molecule has 4 atom stereocenters. The number of hydrogen-bond acceptors (Lipinski definition) is 2. The number of carbonyl (C=O) groups is 1. The Kier molecular flexibility index (Phi) is 5.80. The van der Waals surface area contributed by atoms with Crippen molar-refractivity contribution < 1.29 is 9.53 Å². The normalized spacial score (nSPS) is 22.8. The molecule has 1 aliphatic heterocycles. The Morgan fingerprint density at radius 2 is 2.05 bits per heavy atom. The van der Waals surface area contributed by atoms with Crippen molar-refractivity contribution in [1.82, 2.24) is 4.90 Å². The lowest BCUT2D eigenvalue weighted by atomic mass is 9.82. The number of rotatable bonds is 7. The van der Waals surface area contributed by atoms with Crippen molar-refractivity contribution in [3.63, 3.8) is 0 Å². The summed E-state index contributed by atoms with van der Waals surface area (Å²) in [7, 11) is 1.78. The Morgan fingerprint density at radius 1 is 1.33 bits per heavy atom. The lowest BCUT2D eigenvalue weighted by molar-refractivity contribution is -0.122. The van der Waals surface area contributed by atoms with Gasteiger partial charge in [-0.05, 0) is 36.7 Å². The summed E-state index contributed by atoms with van der Waals surface area (Å²) in [6.45, 7) is 5.40. The van der Waals surface area contributed by atoms with Gasteiger partial charge in [0.2, 0.25) is 6.41 Å². The van der Waals surface area contributed by atoms with Gasteiger partial charge in [-0.15, -0.1) is 0 Å². The molecule has 0 N–H and O–H groups in total. The van der Waals surface area contributed by atoms with Crippen LogP contribution in [0, 0.1) is 11.8 Å². The van der Waals surface area contributed by atoms with Crippen LogP contribution in [-0.2, 0) is 16.0 Å². The molecule has 0 aliphatic carbocycles. The van der Waals surface area contributed by atoms with Crippen molar-refractivity contribution in [3.8, 4) is 0 Å². The van der Waals surface area contributed by atoms with Gasteiger partial charge < -0.3 is 9.64 Å². The number of amides is 1. The second kappa shape index (κ2) is 7.60. The lowest BCUT2D eigenvalue weighted by Crippen LogP contribution is -2.44. The highest BCUT2D eigenvalue weighted by atomic mass is 16.5. The van der Waals surface area contributed by atoms with Crippen LogP contribution in [0.15, 0.2) is 30.3 Å². The fourth-order valence-corrected chi connectivity index (χ4v) is 3.52. The van der Waals surface area contributed by atoms with Gasteiger partial charge in [-0.25, -0.2) is 0 Å². The molecule has 0 radical (unpaired) electrons. The molecule has 21 heavy (non-hydrogen) atoms. The van der Waals surface area contributed by atoms with Crippen LogP contribution in [0.3, 0.4) is 0 Å². The second-order valence-electron chi connectivity index (χ2n) is 6.28. The van der Waals surface area contributed by atoms with Gasteiger partial charge in [0.1, 0.15) is 0 Å². The molecule has 1 aromatic rings. The van der Waals surface area contributed by atoms with Gasteiger partial charge >= 0.3 is 0 Å². The number of ether oxygens (including phenoxy) is 1. The summed E-state index contributed by atoms with van der Waals surface area (Å²) in [5.74, 6) is 0.937. The minimum absolute atomic E-state index is 0.122. The molecule has 1 aliphatic rings. The maximum Gasteiger partial charge on any atom is 0.210 e. The summed E-state index contributed by atoms with van der Waals surface area (Å²) in [6, 6.07) is 10.8. The Hall–Kier alpha value is -1.35. The van der Waals surface area contributed by atoms with E-state index >= 15 is 0 Å². The van der Waals surface area contributed by atoms with Gasteiger partial charge in [-0.2, -0.15) is 0 Å². The van der Waals surface area contributed by atoms with Gasteiger partial charge in [0.15, 0.2) is 0 Å². The molecule has 4 unspecified atom stereocenters. The zero-order valence-electron chi connectivity index (χ0n) is 13.4. The number of likely N-dealkylation sites (tertiary alicyclic amines) is 1. The third-order valence-corrected chi connectivity index (χ3v) is 4.95. The molecule has 1 amide bonds. The average molecular weight is 289 g/mol. The third kappa shape index (κ3) is 3.85. The summed E-state index contributed by atoms with van der Waals surface area (Å²) in [5, 5.41) is 0. The van der Waals surface area contributed by atoms with E-state index in [1.165, 1.54) is 5.56 Å². The molecule has 1 saturated heterocycles. The van der Waals surface area contributed by atoms with Gasteiger partial charge in [-0.3, -0.25) is 4.79 Å². The lowest BCUT2D eigenvalue weighted by Gasteiger charge is -2.35. The fourth-order valence-electron chi connectivity index (χ4n) is 3.52. The largest absolute Gasteiger partial charge is 0.379 e. The standard InChI is InChI=1S/C18H27NO2/c1-14(12-16-8-5-4-6-9-16)15(2)18(21-3)17-10-7-11-19(17)13-20/h4-6,8-9,13-15,17-18H,7,10-12H2,1-3H3. The van der Waals surface area contributed by atoms with E-state index < -0.39 is 0 Å². The number of carbonyl (C=O) groups excluding carboxylic acids is 1. The van der Waals surface area contributed by atoms with Gasteiger partial charge in [-0.1, -0.05) is 44.2 Å². The van der Waals surface area contributed by atoms with E-state index in [1.54, 1.807) is 7.11 Å². The molecular weight excluding hydrogens is 262 g/mol. The first-order valence-electron chi connectivity index (χ1n) is 7.95. The average Bonchev–Trinajstić information content (AvgIpc) is 2.97. The minimum Gasteiger partial charge on any atom is -0.379 e. The first-order chi connectivity index (χ1) is 10.2. The Bertz CT molecular complexity index is 434. The number of benzene rings is 1.